The van der Waals surface area contributed by atoms with Gasteiger partial charge in [0.2, 0.25) is 5.91 Å². The Morgan fingerprint density at radius 3 is 2.63 bits per heavy atom. The Labute approximate surface area is 181 Å². The molecular formula is C18H26ClFIN5O. The Morgan fingerprint density at radius 1 is 1.30 bits per heavy atom. The molecule has 1 saturated carbocycles. The van der Waals surface area contributed by atoms with Crippen LogP contribution in [-0.2, 0) is 4.79 Å². The predicted molar refractivity (Wildman–Crippen MR) is 118 cm³/mol. The van der Waals surface area contributed by atoms with Crippen molar-refractivity contribution in [3.8, 4) is 0 Å². The van der Waals surface area contributed by atoms with Gasteiger partial charge in [-0.15, -0.1) is 24.0 Å². The number of hydrogen-bond acceptors (Lipinski definition) is 3. The second kappa shape index (κ2) is 9.77. The van der Waals surface area contributed by atoms with Crippen molar-refractivity contribution in [2.45, 2.75) is 31.3 Å². The summed E-state index contributed by atoms with van der Waals surface area (Å²) in [5.74, 6) is 0.250. The quantitative estimate of drug-likeness (QED) is 0.364. The highest BCUT2D eigenvalue weighted by Crippen LogP contribution is 2.25. The summed E-state index contributed by atoms with van der Waals surface area (Å²) in [4.78, 5) is 19.9. The van der Waals surface area contributed by atoms with Gasteiger partial charge in [0.15, 0.2) is 5.96 Å². The van der Waals surface area contributed by atoms with Crippen LogP contribution in [0.1, 0.15) is 19.3 Å². The topological polar surface area (TPSA) is 60.0 Å². The molecule has 1 aromatic carbocycles. The van der Waals surface area contributed by atoms with Gasteiger partial charge in [-0.2, -0.15) is 0 Å². The van der Waals surface area contributed by atoms with Crippen LogP contribution in [0.4, 0.5) is 10.1 Å². The number of halogens is 3. The lowest BCUT2D eigenvalue weighted by Crippen LogP contribution is -2.46. The fourth-order valence-electron chi connectivity index (χ4n) is 2.83. The summed E-state index contributed by atoms with van der Waals surface area (Å²) in [6.45, 7) is 1.75. The standard InChI is InChI=1S/C18H25ClFN5O.HI/c1-24(2)17(26)10-21-18(22-12-3-4-12)23-13-7-8-25(11-13)14-5-6-16(20)15(19)9-14;/h5-6,9,12-13H,3-4,7-8,10-11H2,1-2H3,(H2,21,22,23);1H. The molecule has 1 saturated heterocycles. The van der Waals surface area contributed by atoms with Crippen molar-refractivity contribution < 1.29 is 9.18 Å². The molecule has 2 fully saturated rings. The van der Waals surface area contributed by atoms with E-state index in [1.54, 1.807) is 26.2 Å². The molecule has 0 radical (unpaired) electrons. The highest BCUT2D eigenvalue weighted by molar-refractivity contribution is 14.0. The Kier molecular flexibility index (Phi) is 7.96. The molecule has 1 atom stereocenters. The van der Waals surface area contributed by atoms with Crippen molar-refractivity contribution in [2.24, 2.45) is 4.99 Å². The minimum absolute atomic E-state index is 0. The molecule has 27 heavy (non-hydrogen) atoms. The van der Waals surface area contributed by atoms with E-state index in [0.717, 1.165) is 38.0 Å². The van der Waals surface area contributed by atoms with Crippen LogP contribution >= 0.6 is 35.6 Å². The van der Waals surface area contributed by atoms with Crippen LogP contribution in [-0.4, -0.2) is 62.6 Å². The van der Waals surface area contributed by atoms with E-state index in [-0.39, 0.29) is 47.5 Å². The van der Waals surface area contributed by atoms with Crippen molar-refractivity contribution in [3.05, 3.63) is 29.0 Å². The molecule has 3 rings (SSSR count). The van der Waals surface area contributed by atoms with Gasteiger partial charge in [0, 0.05) is 45.0 Å². The molecule has 0 bridgehead atoms. The van der Waals surface area contributed by atoms with Crippen molar-refractivity contribution in [1.29, 1.82) is 0 Å². The summed E-state index contributed by atoms with van der Waals surface area (Å²) >= 11 is 5.89. The van der Waals surface area contributed by atoms with E-state index in [2.05, 4.69) is 20.5 Å². The van der Waals surface area contributed by atoms with Gasteiger partial charge in [-0.3, -0.25) is 4.79 Å². The fourth-order valence-corrected chi connectivity index (χ4v) is 3.00. The second-order valence-corrected chi connectivity index (χ2v) is 7.45. The number of rotatable bonds is 5. The monoisotopic (exact) mass is 509 g/mol. The highest BCUT2D eigenvalue weighted by Gasteiger charge is 2.27. The van der Waals surface area contributed by atoms with Gasteiger partial charge in [0.1, 0.15) is 12.4 Å². The first-order valence-electron chi connectivity index (χ1n) is 8.90. The Balaban J connectivity index is 0.00000261. The summed E-state index contributed by atoms with van der Waals surface area (Å²) in [6.07, 6.45) is 3.20. The van der Waals surface area contributed by atoms with Gasteiger partial charge in [0.05, 0.1) is 5.02 Å². The van der Waals surface area contributed by atoms with Gasteiger partial charge >= 0.3 is 0 Å². The summed E-state index contributed by atoms with van der Waals surface area (Å²) in [6, 6.07) is 5.46. The molecule has 2 N–H and O–H groups in total. The summed E-state index contributed by atoms with van der Waals surface area (Å²) in [7, 11) is 3.45. The normalized spacial score (nSPS) is 19.5. The third-order valence-corrected chi connectivity index (χ3v) is 4.88. The van der Waals surface area contributed by atoms with Crippen molar-refractivity contribution in [1.82, 2.24) is 15.5 Å². The molecule has 1 heterocycles. The van der Waals surface area contributed by atoms with E-state index >= 15 is 0 Å². The van der Waals surface area contributed by atoms with Gasteiger partial charge in [-0.1, -0.05) is 11.6 Å². The van der Waals surface area contributed by atoms with E-state index in [1.165, 1.54) is 11.0 Å². The number of likely N-dealkylation sites (N-methyl/N-ethyl adjacent to an activating group) is 1. The van der Waals surface area contributed by atoms with E-state index < -0.39 is 5.82 Å². The second-order valence-electron chi connectivity index (χ2n) is 7.05. The van der Waals surface area contributed by atoms with Crippen LogP contribution < -0.4 is 15.5 Å². The first kappa shape index (κ1) is 22.0. The predicted octanol–water partition coefficient (Wildman–Crippen LogP) is 2.46. The Hall–Kier alpha value is -1.29. The van der Waals surface area contributed by atoms with Gasteiger partial charge in [-0.25, -0.2) is 9.38 Å². The number of nitrogens with zero attached hydrogens (tertiary/aromatic N) is 3. The van der Waals surface area contributed by atoms with Crippen LogP contribution in [0, 0.1) is 5.82 Å². The van der Waals surface area contributed by atoms with E-state index in [9.17, 15) is 9.18 Å². The number of carbonyl (C=O) groups excluding carboxylic acids is 1. The van der Waals surface area contributed by atoms with Crippen LogP contribution in [0.2, 0.25) is 5.02 Å². The van der Waals surface area contributed by atoms with Gasteiger partial charge < -0.3 is 20.4 Å². The first-order valence-corrected chi connectivity index (χ1v) is 9.28. The molecular weight excluding hydrogens is 484 g/mol. The average Bonchev–Trinajstić information content (AvgIpc) is 3.30. The Morgan fingerprint density at radius 2 is 2.00 bits per heavy atom. The SMILES string of the molecule is CN(C)C(=O)CN=C(NC1CC1)NC1CCN(c2ccc(F)c(Cl)c2)C1.I. The molecule has 1 unspecified atom stereocenters. The number of carbonyl (C=O) groups is 1. The lowest BCUT2D eigenvalue weighted by Gasteiger charge is -2.21. The average molecular weight is 510 g/mol. The summed E-state index contributed by atoms with van der Waals surface area (Å²) < 4.78 is 13.4. The molecule has 150 valence electrons. The zero-order chi connectivity index (χ0) is 18.7. The number of benzene rings is 1. The third-order valence-electron chi connectivity index (χ3n) is 4.59. The molecule has 1 aliphatic carbocycles. The number of aliphatic imine (C=N–C) groups is 1. The van der Waals surface area contributed by atoms with Gasteiger partial charge in [-0.05, 0) is 37.5 Å². The van der Waals surface area contributed by atoms with Crippen molar-refractivity contribution in [2.75, 3.05) is 38.6 Å². The number of anilines is 1. The van der Waals surface area contributed by atoms with E-state index in [0.29, 0.717) is 12.0 Å². The molecule has 2 aliphatic rings. The maximum absolute atomic E-state index is 13.4. The van der Waals surface area contributed by atoms with Gasteiger partial charge in [0.25, 0.3) is 0 Å². The molecule has 0 spiro atoms. The molecule has 1 aromatic rings. The van der Waals surface area contributed by atoms with Crippen LogP contribution in [0.3, 0.4) is 0 Å². The fraction of sp³-hybridized carbons (Fsp3) is 0.556. The van der Waals surface area contributed by atoms with Crippen LogP contribution in [0.25, 0.3) is 0 Å². The Bertz CT molecular complexity index is 698. The first-order chi connectivity index (χ1) is 12.4. The molecule has 1 aliphatic heterocycles. The maximum Gasteiger partial charge on any atom is 0.243 e. The molecule has 0 aromatic heterocycles. The van der Waals surface area contributed by atoms with Crippen molar-refractivity contribution in [3.63, 3.8) is 0 Å². The smallest absolute Gasteiger partial charge is 0.243 e. The molecule has 9 heteroatoms. The lowest BCUT2D eigenvalue weighted by molar-refractivity contribution is -0.127. The number of amides is 1. The molecule has 6 nitrogen and oxygen atoms in total. The third kappa shape index (κ3) is 6.38. The van der Waals surface area contributed by atoms with E-state index in [1.807, 2.05) is 0 Å². The summed E-state index contributed by atoms with van der Waals surface area (Å²) in [5.41, 5.74) is 0.914. The van der Waals surface area contributed by atoms with Crippen molar-refractivity contribution >= 4 is 53.1 Å². The largest absolute Gasteiger partial charge is 0.369 e. The van der Waals surface area contributed by atoms with Crippen LogP contribution in [0.5, 0.6) is 0 Å². The number of guanidine groups is 1. The number of hydrogen-bond donors (Lipinski definition) is 2. The zero-order valence-corrected chi connectivity index (χ0v) is 18.6. The molecule has 1 amide bonds. The minimum atomic E-state index is -0.405. The van der Waals surface area contributed by atoms with E-state index in [4.69, 9.17) is 11.6 Å². The minimum Gasteiger partial charge on any atom is -0.369 e. The lowest BCUT2D eigenvalue weighted by atomic mass is 10.2. The highest BCUT2D eigenvalue weighted by atomic mass is 127. The zero-order valence-electron chi connectivity index (χ0n) is 15.5. The summed E-state index contributed by atoms with van der Waals surface area (Å²) in [5, 5.41) is 6.93. The van der Waals surface area contributed by atoms with Crippen LogP contribution in [0.15, 0.2) is 23.2 Å². The number of nitrogens with one attached hydrogen (secondary N) is 2. The maximum atomic E-state index is 13.4.